The van der Waals surface area contributed by atoms with Crippen LogP contribution in [0.5, 0.6) is 0 Å². The number of nitrogens with one attached hydrogen (secondary N) is 3. The van der Waals surface area contributed by atoms with Crippen LogP contribution in [0.2, 0.25) is 0 Å². The number of hydrogen-bond donors (Lipinski definition) is 3. The van der Waals surface area contributed by atoms with E-state index in [1.54, 1.807) is 11.3 Å². The summed E-state index contributed by atoms with van der Waals surface area (Å²) in [5, 5.41) is 11.9. The van der Waals surface area contributed by atoms with Crippen LogP contribution in [-0.2, 0) is 6.42 Å². The number of fused-ring (bicyclic) bond motifs is 2. The number of rotatable bonds is 1. The van der Waals surface area contributed by atoms with E-state index in [2.05, 4.69) is 176 Å². The molecule has 2 saturated carbocycles. The molecule has 2 aliphatic carbocycles. The van der Waals surface area contributed by atoms with Crippen LogP contribution < -0.4 is 10.6 Å². The second-order valence-corrected chi connectivity index (χ2v) is 20.8. The molecule has 8 rings (SSSR count). The predicted octanol–water partition coefficient (Wildman–Crippen LogP) is 24.8. The standard InChI is InChI=1S/C9H11N.C8H7N.C6H12.C5H10.C4H9N.C4H4S.5C4H10.6C2H6/c1-2-6-9-8(4-1)5-3-7-10-9;1-2-4-8-7(3-1)5-6-9-8;1-5(2)6-3-4-6;3*1-2-4-5-3-1;5*1-4(2)3;6*1-2/h1-2,4,6,10H,3,5,7H2;1-6,9H;5-6H,3-4H2,1-2H3;1-5H2;5H,1-4H2;1-4H;5*4H,1-3H3;6*1-2H3. The van der Waals surface area contributed by atoms with Crippen molar-refractivity contribution in [1.29, 1.82) is 0 Å². The Morgan fingerprint density at radius 1 is 0.403 bits per heavy atom. The Morgan fingerprint density at radius 2 is 0.764 bits per heavy atom. The van der Waals surface area contributed by atoms with Crippen LogP contribution in [-0.4, -0.2) is 24.6 Å². The van der Waals surface area contributed by atoms with Crippen LogP contribution >= 0.6 is 11.3 Å². The molecule has 0 bridgehead atoms. The molecule has 2 aromatic carbocycles. The molecule has 2 aliphatic heterocycles. The van der Waals surface area contributed by atoms with E-state index in [-0.39, 0.29) is 0 Å². The van der Waals surface area contributed by atoms with Crippen molar-refractivity contribution in [3.8, 4) is 0 Å². The first-order valence-electron chi connectivity index (χ1n) is 30.4. The Bertz CT molecular complexity index is 1190. The fourth-order valence-corrected chi connectivity index (χ4v) is 5.36. The molecular formula is C68H139N3S. The summed E-state index contributed by atoms with van der Waals surface area (Å²) in [7, 11) is 0. The van der Waals surface area contributed by atoms with E-state index in [1.165, 1.54) is 106 Å². The molecule has 4 aliphatic rings. The maximum atomic E-state index is 3.36. The van der Waals surface area contributed by atoms with Gasteiger partial charge in [-0.1, -0.05) is 281 Å². The van der Waals surface area contributed by atoms with Crippen molar-refractivity contribution < 1.29 is 0 Å². The molecular weight excluding hydrogens is 891 g/mol. The van der Waals surface area contributed by atoms with E-state index < -0.39 is 0 Å². The zero-order chi connectivity index (χ0) is 58.0. The summed E-state index contributed by atoms with van der Waals surface area (Å²) in [6, 6.07) is 22.8. The molecule has 0 atom stereocenters. The van der Waals surface area contributed by atoms with Crippen molar-refractivity contribution in [2.45, 2.75) is 271 Å². The van der Waals surface area contributed by atoms with E-state index in [9.17, 15) is 0 Å². The molecule has 0 amide bonds. The Hall–Kier alpha value is -2.56. The minimum atomic E-state index is 0.833. The van der Waals surface area contributed by atoms with E-state index in [1.807, 2.05) is 124 Å². The van der Waals surface area contributed by atoms with Crippen molar-refractivity contribution in [3.63, 3.8) is 0 Å². The van der Waals surface area contributed by atoms with Gasteiger partial charge in [0, 0.05) is 23.9 Å². The summed E-state index contributed by atoms with van der Waals surface area (Å²) in [6.07, 6.45) is 17.7. The fourth-order valence-electron chi connectivity index (χ4n) is 4.91. The van der Waals surface area contributed by atoms with E-state index >= 15 is 0 Å². The Morgan fingerprint density at radius 3 is 1.04 bits per heavy atom. The maximum absolute atomic E-state index is 3.36. The third-order valence-corrected chi connectivity index (χ3v) is 8.24. The summed E-state index contributed by atoms with van der Waals surface area (Å²) >= 11 is 1.71. The SMILES string of the molecule is C1CCCC1.C1CCNC1.CC.CC.CC.CC.CC.CC.CC(C)C.CC(C)C.CC(C)C.CC(C)C.CC(C)C.CC(C)C1CC1.c1ccc2[nH]ccc2c1.c1ccc2c(c1)CCCN2.c1ccsc1. The lowest BCUT2D eigenvalue weighted by atomic mass is 10.0. The fraction of sp³-hybridized carbons (Fsp3) is 0.735. The largest absolute Gasteiger partial charge is 0.385 e. The lowest BCUT2D eigenvalue weighted by molar-refractivity contribution is 0.563. The summed E-state index contributed by atoms with van der Waals surface area (Å²) in [5.41, 5.74) is 4.00. The van der Waals surface area contributed by atoms with Gasteiger partial charge in [0.15, 0.2) is 0 Å². The summed E-state index contributed by atoms with van der Waals surface area (Å²) in [6.45, 7) is 64.7. The molecule has 72 heavy (non-hydrogen) atoms. The van der Waals surface area contributed by atoms with Gasteiger partial charge >= 0.3 is 0 Å². The first kappa shape index (κ1) is 89.0. The quantitative estimate of drug-likeness (QED) is 0.178. The van der Waals surface area contributed by atoms with Gasteiger partial charge in [0.25, 0.3) is 0 Å². The third kappa shape index (κ3) is 100. The van der Waals surface area contributed by atoms with E-state index in [4.69, 9.17) is 0 Å². The zero-order valence-electron chi connectivity index (χ0n) is 54.9. The van der Waals surface area contributed by atoms with Crippen molar-refractivity contribution in [3.05, 3.63) is 89.3 Å². The third-order valence-electron chi connectivity index (χ3n) is 7.62. The van der Waals surface area contributed by atoms with Crippen molar-refractivity contribution >= 4 is 27.9 Å². The Kier molecular flexibility index (Phi) is 98.7. The van der Waals surface area contributed by atoms with Crippen LogP contribution in [0.1, 0.15) is 271 Å². The van der Waals surface area contributed by atoms with E-state index in [0.29, 0.717) is 0 Å². The van der Waals surface area contributed by atoms with Gasteiger partial charge in [-0.05, 0) is 133 Å². The monoisotopic (exact) mass is 1030 g/mol. The molecule has 3 N–H and O–H groups in total. The van der Waals surface area contributed by atoms with Crippen LogP contribution in [0.15, 0.2) is 83.7 Å². The number of aromatic amines is 1. The van der Waals surface area contributed by atoms with Gasteiger partial charge in [-0.3, -0.25) is 0 Å². The zero-order valence-corrected chi connectivity index (χ0v) is 55.7. The minimum Gasteiger partial charge on any atom is -0.385 e. The summed E-state index contributed by atoms with van der Waals surface area (Å²) < 4.78 is 0. The van der Waals surface area contributed by atoms with Crippen molar-refractivity contribution in [2.75, 3.05) is 25.0 Å². The molecule has 3 fully saturated rings. The molecule has 4 aromatic rings. The number of hydrogen-bond acceptors (Lipinski definition) is 3. The molecule has 0 spiro atoms. The normalized spacial score (nSPS) is 12.2. The highest BCUT2D eigenvalue weighted by Gasteiger charge is 2.24. The van der Waals surface area contributed by atoms with Gasteiger partial charge in [-0.25, -0.2) is 0 Å². The molecule has 0 unspecified atom stereocenters. The van der Waals surface area contributed by atoms with Crippen LogP contribution in [0.25, 0.3) is 10.9 Å². The van der Waals surface area contributed by atoms with Crippen LogP contribution in [0, 0.1) is 41.4 Å². The predicted molar refractivity (Wildman–Crippen MR) is 349 cm³/mol. The molecule has 4 heteroatoms. The van der Waals surface area contributed by atoms with Gasteiger partial charge in [0.05, 0.1) is 0 Å². The van der Waals surface area contributed by atoms with Gasteiger partial charge in [-0.2, -0.15) is 11.3 Å². The maximum Gasteiger partial charge on any atom is 0.0453 e. The highest BCUT2D eigenvalue weighted by Crippen LogP contribution is 2.35. The number of H-pyrrole nitrogens is 1. The van der Waals surface area contributed by atoms with Gasteiger partial charge in [0.1, 0.15) is 0 Å². The second-order valence-electron chi connectivity index (χ2n) is 20.0. The molecule has 4 heterocycles. The molecule has 0 radical (unpaired) electrons. The lowest BCUT2D eigenvalue weighted by Gasteiger charge is -2.16. The highest BCUT2D eigenvalue weighted by atomic mass is 32.1. The van der Waals surface area contributed by atoms with Crippen LogP contribution in [0.3, 0.4) is 0 Å². The van der Waals surface area contributed by atoms with E-state index in [0.717, 1.165) is 48.0 Å². The second kappa shape index (κ2) is 79.8. The smallest absolute Gasteiger partial charge is 0.0453 e. The van der Waals surface area contributed by atoms with Crippen molar-refractivity contribution in [2.24, 2.45) is 41.4 Å². The Balaban J connectivity index is -0.0000000862. The summed E-state index contributed by atoms with van der Waals surface area (Å²) in [5.74, 6) is 6.23. The molecule has 1 saturated heterocycles. The Labute approximate surface area is 462 Å². The van der Waals surface area contributed by atoms with Gasteiger partial charge in [0.2, 0.25) is 0 Å². The number of benzene rings is 2. The number of anilines is 1. The average Bonchev–Trinajstić information content (AvgIpc) is 4.04. The summed E-state index contributed by atoms with van der Waals surface area (Å²) in [4.78, 5) is 3.12. The molecule has 432 valence electrons. The minimum absolute atomic E-state index is 0.833. The topological polar surface area (TPSA) is 39.9 Å². The first-order chi connectivity index (χ1) is 34.4. The number of aryl methyl sites for hydroxylation is 1. The highest BCUT2D eigenvalue weighted by molar-refractivity contribution is 7.07. The van der Waals surface area contributed by atoms with Gasteiger partial charge < -0.3 is 15.6 Å². The van der Waals surface area contributed by atoms with Crippen molar-refractivity contribution in [1.82, 2.24) is 10.3 Å². The average molecular weight is 1030 g/mol. The first-order valence-corrected chi connectivity index (χ1v) is 31.4. The molecule has 2 aromatic heterocycles. The van der Waals surface area contributed by atoms with Crippen LogP contribution in [0.4, 0.5) is 5.69 Å². The molecule has 3 nitrogen and oxygen atoms in total. The lowest BCUT2D eigenvalue weighted by Crippen LogP contribution is -2.10. The number of aromatic nitrogens is 1. The number of thiophene rings is 1. The number of para-hydroxylation sites is 2. The van der Waals surface area contributed by atoms with Gasteiger partial charge in [-0.15, -0.1) is 0 Å².